The fraction of sp³-hybridized carbons (Fsp3) is 0.614. The maximum absolute atomic E-state index is 14.9. The Bertz CT molecular complexity index is 2650. The van der Waals surface area contributed by atoms with Gasteiger partial charge >= 0.3 is 12.0 Å². The molecule has 4 fully saturated rings. The number of fused-ring (bicyclic) bond motifs is 6. The molecule has 2 N–H and O–H groups in total. The van der Waals surface area contributed by atoms with E-state index in [0.717, 1.165) is 89.7 Å². The number of amides is 5. The van der Waals surface area contributed by atoms with E-state index in [2.05, 4.69) is 82.8 Å². The molecule has 74 heavy (non-hydrogen) atoms. The number of nitrogens with zero attached hydrogens (tertiary/aromatic N) is 8. The van der Waals surface area contributed by atoms with E-state index in [4.69, 9.17) is 14.5 Å². The number of piperidine rings is 1. The number of urea groups is 1. The van der Waals surface area contributed by atoms with Gasteiger partial charge in [0.05, 0.1) is 24.1 Å². The minimum atomic E-state index is -0.999. The lowest BCUT2D eigenvalue weighted by Gasteiger charge is -2.54. The van der Waals surface area contributed by atoms with Crippen LogP contribution in [0.5, 0.6) is 0 Å². The number of rotatable bonds is 10. The van der Waals surface area contributed by atoms with Crippen LogP contribution in [0.15, 0.2) is 55.3 Å². The third-order valence-corrected chi connectivity index (χ3v) is 16.7. The Hall–Kier alpha value is -5.62. The molecule has 3 saturated heterocycles. The van der Waals surface area contributed by atoms with Crippen molar-refractivity contribution in [3.8, 4) is 11.3 Å². The summed E-state index contributed by atoms with van der Waals surface area (Å²) in [5.74, 6) is -1.53. The highest BCUT2D eigenvalue weighted by molar-refractivity contribution is 5.95. The SMILES string of the molecule is C=CC(=O)N1CCN(C2CC2)C2(CCN(C(=O)N(C)[C@H](C(=O)N[C@H]3CN4CCC=C(C4)c4ccc5c(c4)c(c(-c4cccnc4[C@H](C)OC)n5CC)CC(C)(C)COC(=O)[C@@H]4CCCN(N4)C3=O)C(C)C)CC2)C1. The van der Waals surface area contributed by atoms with Gasteiger partial charge in [-0.1, -0.05) is 46.4 Å². The molecule has 1 aliphatic carbocycles. The fourth-order valence-corrected chi connectivity index (χ4v) is 12.7. The van der Waals surface area contributed by atoms with Gasteiger partial charge in [0.25, 0.3) is 5.91 Å². The zero-order chi connectivity index (χ0) is 52.6. The standard InChI is InChI=1S/C57H80N10O7/c1-10-48(68)64-29-30-66(41-19-20-41)57(35-64)22-27-63(28-23-57)55(72)61(8)50(37(3)4)52(69)59-46-34-62-25-13-15-40(33-62)39-18-21-47-43(31-39)44(51(65(47)11-2)42-16-12-24-58-49(42)38(5)73-9)32-56(6,7)36-74-54(71)45-17-14-26-67(60-45)53(46)70/h10,12,15-16,18,21,24,31,37-38,41,45-46,50,60H,1,11,13-14,17,19-20,22-23,25-30,32-36H2,2-9H3,(H,59,69)/t38-,45-,46-,50-/m0/s1. The van der Waals surface area contributed by atoms with Crippen LogP contribution in [0.3, 0.4) is 0 Å². The Kier molecular flexibility index (Phi) is 15.8. The number of hydrogen-bond acceptors (Lipinski definition) is 11. The lowest BCUT2D eigenvalue weighted by molar-refractivity contribution is -0.155. The highest BCUT2D eigenvalue weighted by atomic mass is 16.5. The van der Waals surface area contributed by atoms with Gasteiger partial charge in [0.2, 0.25) is 11.8 Å². The summed E-state index contributed by atoms with van der Waals surface area (Å²) in [6.07, 6.45) is 11.4. The first kappa shape index (κ1) is 53.2. The van der Waals surface area contributed by atoms with Crippen LogP contribution in [0.25, 0.3) is 27.7 Å². The minimum absolute atomic E-state index is 0.0575. The summed E-state index contributed by atoms with van der Waals surface area (Å²) < 4.78 is 14.4. The number of likely N-dealkylation sites (tertiary alicyclic amines) is 1. The number of piperazine rings is 1. The first-order valence-electron chi connectivity index (χ1n) is 27.3. The molecule has 6 aliphatic rings. The Morgan fingerprint density at radius 2 is 1.80 bits per heavy atom. The van der Waals surface area contributed by atoms with Gasteiger partial charge in [-0.15, -0.1) is 0 Å². The molecule has 9 rings (SSSR count). The monoisotopic (exact) mass is 1020 g/mol. The fourth-order valence-electron chi connectivity index (χ4n) is 12.7. The van der Waals surface area contributed by atoms with Gasteiger partial charge in [-0.3, -0.25) is 39.0 Å². The van der Waals surface area contributed by atoms with Crippen molar-refractivity contribution in [3.63, 3.8) is 0 Å². The van der Waals surface area contributed by atoms with E-state index >= 15 is 0 Å². The molecule has 1 aromatic carbocycles. The van der Waals surface area contributed by atoms with E-state index in [1.54, 1.807) is 19.1 Å². The van der Waals surface area contributed by atoms with Crippen LogP contribution in [-0.4, -0.2) is 178 Å². The van der Waals surface area contributed by atoms with E-state index < -0.39 is 35.4 Å². The lowest BCUT2D eigenvalue weighted by atomic mass is 9.83. The molecule has 5 amide bonds. The van der Waals surface area contributed by atoms with Crippen LogP contribution in [0, 0.1) is 11.3 Å². The number of cyclic esters (lactones) is 1. The van der Waals surface area contributed by atoms with Crippen molar-refractivity contribution in [2.45, 2.75) is 135 Å². The first-order valence-corrected chi connectivity index (χ1v) is 27.3. The molecular formula is C57H80N10O7. The van der Waals surface area contributed by atoms with E-state index in [1.165, 1.54) is 11.1 Å². The van der Waals surface area contributed by atoms with Crippen LogP contribution >= 0.6 is 0 Å². The second-order valence-electron chi connectivity index (χ2n) is 22.9. The number of pyridine rings is 1. The number of likely N-dealkylation sites (N-methyl/N-ethyl adjacent to an activating group) is 1. The zero-order valence-electron chi connectivity index (χ0n) is 45.2. The predicted octanol–water partition coefficient (Wildman–Crippen LogP) is 6.03. The molecule has 2 aromatic heterocycles. The average Bonchev–Trinajstić information content (AvgIpc) is 4.21. The van der Waals surface area contributed by atoms with Gasteiger partial charge in [-0.25, -0.2) is 10.2 Å². The van der Waals surface area contributed by atoms with Crippen molar-refractivity contribution < 1.29 is 33.4 Å². The van der Waals surface area contributed by atoms with Gasteiger partial charge < -0.3 is 34.1 Å². The Labute approximate surface area is 437 Å². The normalized spacial score (nSPS) is 24.5. The topological polar surface area (TPSA) is 165 Å². The minimum Gasteiger partial charge on any atom is -0.464 e. The molecular weight excluding hydrogens is 937 g/mol. The Morgan fingerprint density at radius 1 is 1.03 bits per heavy atom. The number of methoxy groups -OCH3 is 1. The molecule has 400 valence electrons. The quantitative estimate of drug-likeness (QED) is 0.180. The highest BCUT2D eigenvalue weighted by Gasteiger charge is 2.50. The molecule has 5 aliphatic heterocycles. The summed E-state index contributed by atoms with van der Waals surface area (Å²) in [5, 5.41) is 5.78. The maximum Gasteiger partial charge on any atom is 0.324 e. The molecule has 17 nitrogen and oxygen atoms in total. The maximum atomic E-state index is 14.9. The summed E-state index contributed by atoms with van der Waals surface area (Å²) in [6.45, 7) is 21.8. The van der Waals surface area contributed by atoms with Crippen molar-refractivity contribution in [2.75, 3.05) is 79.7 Å². The van der Waals surface area contributed by atoms with E-state index in [1.807, 2.05) is 42.8 Å². The van der Waals surface area contributed by atoms with Crippen LogP contribution in [0.1, 0.15) is 109 Å². The summed E-state index contributed by atoms with van der Waals surface area (Å²) in [6, 6.07) is 8.42. The van der Waals surface area contributed by atoms with Crippen molar-refractivity contribution in [2.24, 2.45) is 11.3 Å². The molecule has 1 unspecified atom stereocenters. The third kappa shape index (κ3) is 10.8. The number of aromatic nitrogens is 2. The summed E-state index contributed by atoms with van der Waals surface area (Å²) in [7, 11) is 3.39. The van der Waals surface area contributed by atoms with Gasteiger partial charge in [-0.2, -0.15) is 0 Å². The van der Waals surface area contributed by atoms with Crippen molar-refractivity contribution in [1.82, 2.24) is 49.8 Å². The predicted molar refractivity (Wildman–Crippen MR) is 285 cm³/mol. The molecule has 5 atom stereocenters. The second kappa shape index (κ2) is 21.9. The molecule has 6 bridgehead atoms. The van der Waals surface area contributed by atoms with Gasteiger partial charge in [0.15, 0.2) is 0 Å². The molecule has 1 spiro atoms. The van der Waals surface area contributed by atoms with Crippen LogP contribution < -0.4 is 10.7 Å². The Balaban J connectivity index is 0.995. The van der Waals surface area contributed by atoms with Crippen molar-refractivity contribution >= 4 is 46.2 Å². The second-order valence-corrected chi connectivity index (χ2v) is 22.9. The number of nitrogens with one attached hydrogen (secondary N) is 2. The van der Waals surface area contributed by atoms with Gasteiger partial charge in [0.1, 0.15) is 18.1 Å². The number of hydrogen-bond donors (Lipinski definition) is 2. The van der Waals surface area contributed by atoms with Crippen molar-refractivity contribution in [1.29, 1.82) is 0 Å². The zero-order valence-corrected chi connectivity index (χ0v) is 45.2. The largest absolute Gasteiger partial charge is 0.464 e. The molecule has 1 saturated carbocycles. The van der Waals surface area contributed by atoms with Gasteiger partial charge in [-0.05, 0) is 118 Å². The van der Waals surface area contributed by atoms with Crippen LogP contribution in [0.2, 0.25) is 0 Å². The lowest BCUT2D eigenvalue weighted by Crippen LogP contribution is -2.68. The summed E-state index contributed by atoms with van der Waals surface area (Å²) >= 11 is 0. The Morgan fingerprint density at radius 3 is 2.50 bits per heavy atom. The highest BCUT2D eigenvalue weighted by Crippen LogP contribution is 2.43. The molecule has 7 heterocycles. The number of ether oxygens (including phenoxy) is 2. The number of esters is 1. The van der Waals surface area contributed by atoms with E-state index in [9.17, 15) is 24.0 Å². The third-order valence-electron chi connectivity index (χ3n) is 16.7. The number of hydrazine groups is 1. The molecule has 0 radical (unpaired) electrons. The summed E-state index contributed by atoms with van der Waals surface area (Å²) in [4.78, 5) is 86.1. The summed E-state index contributed by atoms with van der Waals surface area (Å²) in [5.41, 5.74) is 9.91. The average molecular weight is 1020 g/mol. The van der Waals surface area contributed by atoms with Crippen LogP contribution in [-0.2, 0) is 41.6 Å². The number of carbonyl (C=O) groups is 5. The number of aryl methyl sites for hydroxylation is 1. The van der Waals surface area contributed by atoms with E-state index in [0.29, 0.717) is 71.1 Å². The van der Waals surface area contributed by atoms with Crippen molar-refractivity contribution in [3.05, 3.63) is 72.1 Å². The molecule has 3 aromatic rings. The van der Waals surface area contributed by atoms with Crippen LogP contribution in [0.4, 0.5) is 4.79 Å². The number of benzene rings is 1. The smallest absolute Gasteiger partial charge is 0.324 e. The first-order chi connectivity index (χ1) is 35.5. The number of carbonyl (C=O) groups excluding carboxylic acids is 5. The van der Waals surface area contributed by atoms with E-state index in [-0.39, 0.29) is 48.6 Å². The van der Waals surface area contributed by atoms with Gasteiger partial charge in [0, 0.05) is 119 Å². The molecule has 17 heteroatoms.